The number of hydrogen-bond acceptors (Lipinski definition) is 3. The van der Waals surface area contributed by atoms with E-state index in [0.717, 1.165) is 24.7 Å². The van der Waals surface area contributed by atoms with Gasteiger partial charge in [0.25, 0.3) is 0 Å². The number of hydrogen-bond donors (Lipinski definition) is 2. The van der Waals surface area contributed by atoms with E-state index in [2.05, 4.69) is 46.4 Å². The SMILES string of the molecule is CCNC(=NCc1ccnn1C)NCC(C(C)C)N1CCCC1.I. The molecule has 0 aromatic carbocycles. The fourth-order valence-electron chi connectivity index (χ4n) is 3.12. The van der Waals surface area contributed by atoms with Crippen molar-refractivity contribution in [3.63, 3.8) is 0 Å². The number of aromatic nitrogens is 2. The van der Waals surface area contributed by atoms with Crippen LogP contribution in [0.1, 0.15) is 39.3 Å². The lowest BCUT2D eigenvalue weighted by molar-refractivity contribution is 0.192. The monoisotopic (exact) mass is 448 g/mol. The number of halogens is 1. The normalized spacial score (nSPS) is 17.0. The van der Waals surface area contributed by atoms with E-state index < -0.39 is 0 Å². The molecule has 0 radical (unpaired) electrons. The minimum absolute atomic E-state index is 0. The lowest BCUT2D eigenvalue weighted by Gasteiger charge is -2.31. The minimum Gasteiger partial charge on any atom is -0.357 e. The van der Waals surface area contributed by atoms with Gasteiger partial charge in [0, 0.05) is 32.4 Å². The van der Waals surface area contributed by atoms with Crippen molar-refractivity contribution in [1.29, 1.82) is 0 Å². The highest BCUT2D eigenvalue weighted by Gasteiger charge is 2.24. The third-order valence-corrected chi connectivity index (χ3v) is 4.52. The fourth-order valence-corrected chi connectivity index (χ4v) is 3.12. The summed E-state index contributed by atoms with van der Waals surface area (Å²) in [7, 11) is 1.95. The molecule has 0 aliphatic carbocycles. The predicted molar refractivity (Wildman–Crippen MR) is 111 cm³/mol. The maximum absolute atomic E-state index is 4.69. The van der Waals surface area contributed by atoms with Gasteiger partial charge in [0.1, 0.15) is 0 Å². The van der Waals surface area contributed by atoms with Crippen LogP contribution in [-0.4, -0.2) is 52.9 Å². The van der Waals surface area contributed by atoms with Gasteiger partial charge < -0.3 is 10.6 Å². The van der Waals surface area contributed by atoms with Crippen LogP contribution in [0, 0.1) is 5.92 Å². The van der Waals surface area contributed by atoms with E-state index in [9.17, 15) is 0 Å². The van der Waals surface area contributed by atoms with Gasteiger partial charge in [0.05, 0.1) is 12.2 Å². The number of guanidine groups is 1. The van der Waals surface area contributed by atoms with Crippen molar-refractivity contribution in [3.05, 3.63) is 18.0 Å². The van der Waals surface area contributed by atoms with E-state index in [0.29, 0.717) is 18.5 Å². The predicted octanol–water partition coefficient (Wildman–Crippen LogP) is 2.21. The van der Waals surface area contributed by atoms with Crippen molar-refractivity contribution >= 4 is 29.9 Å². The molecule has 24 heavy (non-hydrogen) atoms. The summed E-state index contributed by atoms with van der Waals surface area (Å²) in [6.07, 6.45) is 4.48. The summed E-state index contributed by atoms with van der Waals surface area (Å²) in [6.45, 7) is 11.6. The summed E-state index contributed by atoms with van der Waals surface area (Å²) in [5.41, 5.74) is 1.11. The molecule has 1 aliphatic heterocycles. The molecule has 0 saturated carbocycles. The Morgan fingerprint density at radius 2 is 2.00 bits per heavy atom. The summed E-state index contributed by atoms with van der Waals surface area (Å²) >= 11 is 0. The Bertz CT molecular complexity index is 493. The Morgan fingerprint density at radius 3 is 2.54 bits per heavy atom. The molecule has 0 bridgehead atoms. The van der Waals surface area contributed by atoms with Crippen LogP contribution in [0.25, 0.3) is 0 Å². The summed E-state index contributed by atoms with van der Waals surface area (Å²) in [5, 5.41) is 11.1. The van der Waals surface area contributed by atoms with Crippen molar-refractivity contribution in [2.24, 2.45) is 18.0 Å². The molecule has 1 fully saturated rings. The molecule has 1 aromatic heterocycles. The molecule has 2 heterocycles. The Labute approximate surface area is 163 Å². The van der Waals surface area contributed by atoms with E-state index in [4.69, 9.17) is 0 Å². The third-order valence-electron chi connectivity index (χ3n) is 4.52. The van der Waals surface area contributed by atoms with Crippen LogP contribution in [0.4, 0.5) is 0 Å². The molecule has 1 aliphatic rings. The Kier molecular flexibility index (Phi) is 9.65. The van der Waals surface area contributed by atoms with Crippen LogP contribution in [0.3, 0.4) is 0 Å². The van der Waals surface area contributed by atoms with Crippen molar-refractivity contribution in [1.82, 2.24) is 25.3 Å². The first-order chi connectivity index (χ1) is 11.1. The number of nitrogens with zero attached hydrogens (tertiary/aromatic N) is 4. The number of rotatable bonds is 7. The average Bonchev–Trinajstić information content (AvgIpc) is 3.16. The molecule has 0 spiro atoms. The lowest BCUT2D eigenvalue weighted by Crippen LogP contribution is -2.48. The second kappa shape index (κ2) is 10.9. The Balaban J connectivity index is 0.00000288. The molecular formula is C17H33IN6. The highest BCUT2D eigenvalue weighted by atomic mass is 127. The molecular weight excluding hydrogens is 415 g/mol. The lowest BCUT2D eigenvalue weighted by atomic mass is 10.0. The van der Waals surface area contributed by atoms with Crippen LogP contribution in [0.15, 0.2) is 17.3 Å². The van der Waals surface area contributed by atoms with Crippen LogP contribution in [0.5, 0.6) is 0 Å². The van der Waals surface area contributed by atoms with E-state index in [1.807, 2.05) is 24.0 Å². The molecule has 2 N–H and O–H groups in total. The fraction of sp³-hybridized carbons (Fsp3) is 0.765. The summed E-state index contributed by atoms with van der Waals surface area (Å²) in [6, 6.07) is 2.58. The van der Waals surface area contributed by atoms with Gasteiger partial charge in [0.15, 0.2) is 5.96 Å². The van der Waals surface area contributed by atoms with Gasteiger partial charge in [-0.3, -0.25) is 9.58 Å². The van der Waals surface area contributed by atoms with Gasteiger partial charge >= 0.3 is 0 Å². The smallest absolute Gasteiger partial charge is 0.191 e. The first-order valence-corrected chi connectivity index (χ1v) is 8.85. The largest absolute Gasteiger partial charge is 0.357 e. The number of aryl methyl sites for hydroxylation is 1. The third kappa shape index (κ3) is 6.23. The van der Waals surface area contributed by atoms with E-state index >= 15 is 0 Å². The average molecular weight is 448 g/mol. The van der Waals surface area contributed by atoms with Crippen LogP contribution in [-0.2, 0) is 13.6 Å². The molecule has 2 rings (SSSR count). The Morgan fingerprint density at radius 1 is 1.29 bits per heavy atom. The standard InChI is InChI=1S/C17H32N6.HI/c1-5-18-17(19-12-15-8-9-21-22(15)4)20-13-16(14(2)3)23-10-6-7-11-23;/h8-9,14,16H,5-7,10-13H2,1-4H3,(H2,18,19,20);1H. The second-order valence-corrected chi connectivity index (χ2v) is 6.58. The number of aliphatic imine (C=N–C) groups is 1. The highest BCUT2D eigenvalue weighted by Crippen LogP contribution is 2.17. The zero-order chi connectivity index (χ0) is 16.7. The van der Waals surface area contributed by atoms with Crippen LogP contribution in [0.2, 0.25) is 0 Å². The molecule has 1 atom stereocenters. The highest BCUT2D eigenvalue weighted by molar-refractivity contribution is 14.0. The topological polar surface area (TPSA) is 57.5 Å². The van der Waals surface area contributed by atoms with Gasteiger partial charge in [-0.2, -0.15) is 5.10 Å². The van der Waals surface area contributed by atoms with E-state index in [1.54, 1.807) is 0 Å². The van der Waals surface area contributed by atoms with Gasteiger partial charge in [-0.1, -0.05) is 13.8 Å². The van der Waals surface area contributed by atoms with Crippen molar-refractivity contribution in [2.75, 3.05) is 26.2 Å². The van der Waals surface area contributed by atoms with E-state index in [-0.39, 0.29) is 24.0 Å². The molecule has 1 aromatic rings. The summed E-state index contributed by atoms with van der Waals surface area (Å²) in [5.74, 6) is 1.53. The van der Waals surface area contributed by atoms with Gasteiger partial charge in [-0.15, -0.1) is 24.0 Å². The molecule has 7 heteroatoms. The number of likely N-dealkylation sites (tertiary alicyclic amines) is 1. The van der Waals surface area contributed by atoms with Gasteiger partial charge in [-0.25, -0.2) is 4.99 Å². The summed E-state index contributed by atoms with van der Waals surface area (Å²) in [4.78, 5) is 7.30. The van der Waals surface area contributed by atoms with Crippen LogP contribution >= 0.6 is 24.0 Å². The minimum atomic E-state index is 0. The number of nitrogens with one attached hydrogen (secondary N) is 2. The van der Waals surface area contributed by atoms with Gasteiger partial charge in [-0.05, 0) is 44.8 Å². The van der Waals surface area contributed by atoms with Gasteiger partial charge in [0.2, 0.25) is 0 Å². The molecule has 1 unspecified atom stereocenters. The zero-order valence-electron chi connectivity index (χ0n) is 15.5. The quantitative estimate of drug-likeness (QED) is 0.382. The Hall–Kier alpha value is -0.830. The van der Waals surface area contributed by atoms with Crippen molar-refractivity contribution in [2.45, 2.75) is 46.2 Å². The van der Waals surface area contributed by atoms with Crippen molar-refractivity contribution < 1.29 is 0 Å². The van der Waals surface area contributed by atoms with Crippen LogP contribution < -0.4 is 10.6 Å². The first-order valence-electron chi connectivity index (χ1n) is 8.85. The zero-order valence-corrected chi connectivity index (χ0v) is 17.8. The first kappa shape index (κ1) is 21.2. The second-order valence-electron chi connectivity index (χ2n) is 6.58. The maximum Gasteiger partial charge on any atom is 0.191 e. The molecule has 6 nitrogen and oxygen atoms in total. The van der Waals surface area contributed by atoms with Crippen molar-refractivity contribution in [3.8, 4) is 0 Å². The molecule has 1 saturated heterocycles. The van der Waals surface area contributed by atoms with E-state index in [1.165, 1.54) is 25.9 Å². The summed E-state index contributed by atoms with van der Waals surface area (Å²) < 4.78 is 1.87. The molecule has 0 amide bonds. The molecule has 138 valence electrons. The maximum atomic E-state index is 4.69.